The number of H-pyrrole nitrogens is 1. The first kappa shape index (κ1) is 13.7. The monoisotopic (exact) mass is 292 g/mol. The maximum atomic E-state index is 6.22. The van der Waals surface area contributed by atoms with Crippen molar-refractivity contribution < 1.29 is 0 Å². The third kappa shape index (κ3) is 2.50. The van der Waals surface area contributed by atoms with Gasteiger partial charge in [-0.1, -0.05) is 11.6 Å². The molecule has 1 aromatic heterocycles. The third-order valence-corrected chi connectivity index (χ3v) is 4.29. The van der Waals surface area contributed by atoms with E-state index in [1.54, 1.807) is 0 Å². The number of nitrogens with zero attached hydrogens (tertiary/aromatic N) is 3. The molecule has 108 valence electrons. The molecule has 1 fully saturated rings. The van der Waals surface area contributed by atoms with Crippen LogP contribution in [0.3, 0.4) is 0 Å². The SMILES string of the molecule is CC(C)(C)N1CCN(c2cc(Cl)cc3[nH]ncc23)CC1. The Morgan fingerprint density at radius 1 is 1.15 bits per heavy atom. The van der Waals surface area contributed by atoms with Crippen LogP contribution in [-0.4, -0.2) is 46.8 Å². The van der Waals surface area contributed by atoms with Gasteiger partial charge in [0.1, 0.15) is 0 Å². The van der Waals surface area contributed by atoms with Crippen molar-refractivity contribution in [3.63, 3.8) is 0 Å². The molecule has 2 aromatic rings. The molecule has 1 saturated heterocycles. The van der Waals surface area contributed by atoms with Crippen LogP contribution in [0.1, 0.15) is 20.8 Å². The number of aromatic nitrogens is 2. The summed E-state index contributed by atoms with van der Waals surface area (Å²) < 4.78 is 0. The van der Waals surface area contributed by atoms with Crippen molar-refractivity contribution >= 4 is 28.2 Å². The number of rotatable bonds is 1. The van der Waals surface area contributed by atoms with E-state index in [0.29, 0.717) is 0 Å². The Kier molecular flexibility index (Phi) is 3.38. The Morgan fingerprint density at radius 2 is 1.85 bits per heavy atom. The molecule has 0 aliphatic carbocycles. The van der Waals surface area contributed by atoms with Gasteiger partial charge in [0.2, 0.25) is 0 Å². The topological polar surface area (TPSA) is 35.2 Å². The van der Waals surface area contributed by atoms with Crippen LogP contribution in [0.25, 0.3) is 10.9 Å². The van der Waals surface area contributed by atoms with Crippen LogP contribution >= 0.6 is 11.6 Å². The summed E-state index contributed by atoms with van der Waals surface area (Å²) in [5.74, 6) is 0. The highest BCUT2D eigenvalue weighted by atomic mass is 35.5. The molecule has 3 rings (SSSR count). The molecule has 4 nitrogen and oxygen atoms in total. The summed E-state index contributed by atoms with van der Waals surface area (Å²) in [6.07, 6.45) is 1.89. The molecule has 0 bridgehead atoms. The first-order chi connectivity index (χ1) is 9.45. The Bertz CT molecular complexity index is 606. The number of halogens is 1. The summed E-state index contributed by atoms with van der Waals surface area (Å²) in [7, 11) is 0. The van der Waals surface area contributed by atoms with Crippen molar-refractivity contribution in [3.05, 3.63) is 23.4 Å². The number of anilines is 1. The molecule has 1 aliphatic rings. The lowest BCUT2D eigenvalue weighted by Crippen LogP contribution is -2.53. The number of piperazine rings is 1. The molecule has 0 spiro atoms. The second-order valence-corrected chi connectivity index (χ2v) is 6.84. The van der Waals surface area contributed by atoms with E-state index in [9.17, 15) is 0 Å². The zero-order valence-electron chi connectivity index (χ0n) is 12.3. The summed E-state index contributed by atoms with van der Waals surface area (Å²) in [6, 6.07) is 3.98. The van der Waals surface area contributed by atoms with Gasteiger partial charge in [0.15, 0.2) is 0 Å². The van der Waals surface area contributed by atoms with E-state index in [0.717, 1.165) is 42.1 Å². The van der Waals surface area contributed by atoms with Gasteiger partial charge in [-0.25, -0.2) is 0 Å². The fourth-order valence-electron chi connectivity index (χ4n) is 2.88. The van der Waals surface area contributed by atoms with Crippen molar-refractivity contribution in [3.8, 4) is 0 Å². The molecule has 5 heteroatoms. The summed E-state index contributed by atoms with van der Waals surface area (Å²) >= 11 is 6.22. The van der Waals surface area contributed by atoms with Crippen LogP contribution in [0.4, 0.5) is 5.69 Å². The maximum Gasteiger partial charge on any atom is 0.0686 e. The fourth-order valence-corrected chi connectivity index (χ4v) is 3.09. The first-order valence-electron chi connectivity index (χ1n) is 7.08. The quantitative estimate of drug-likeness (QED) is 0.877. The largest absolute Gasteiger partial charge is 0.368 e. The van der Waals surface area contributed by atoms with Crippen LogP contribution in [0.15, 0.2) is 18.3 Å². The number of benzene rings is 1. The van der Waals surface area contributed by atoms with Gasteiger partial charge in [-0.2, -0.15) is 5.10 Å². The predicted octanol–water partition coefficient (Wildman–Crippen LogP) is 3.14. The minimum Gasteiger partial charge on any atom is -0.368 e. The average molecular weight is 293 g/mol. The van der Waals surface area contributed by atoms with Crippen LogP contribution in [-0.2, 0) is 0 Å². The van der Waals surface area contributed by atoms with Crippen LogP contribution in [0.2, 0.25) is 5.02 Å². The van der Waals surface area contributed by atoms with E-state index in [2.05, 4.69) is 40.8 Å². The van der Waals surface area contributed by atoms with Gasteiger partial charge in [0.05, 0.1) is 11.7 Å². The van der Waals surface area contributed by atoms with Crippen molar-refractivity contribution in [1.29, 1.82) is 0 Å². The van der Waals surface area contributed by atoms with Gasteiger partial charge in [-0.3, -0.25) is 10.00 Å². The van der Waals surface area contributed by atoms with Gasteiger partial charge >= 0.3 is 0 Å². The molecule has 1 aromatic carbocycles. The lowest BCUT2D eigenvalue weighted by atomic mass is 10.0. The lowest BCUT2D eigenvalue weighted by molar-refractivity contribution is 0.128. The predicted molar refractivity (Wildman–Crippen MR) is 84.6 cm³/mol. The van der Waals surface area contributed by atoms with Crippen molar-refractivity contribution in [1.82, 2.24) is 15.1 Å². The van der Waals surface area contributed by atoms with E-state index < -0.39 is 0 Å². The average Bonchev–Trinajstić information content (AvgIpc) is 2.85. The van der Waals surface area contributed by atoms with E-state index >= 15 is 0 Å². The molecular weight excluding hydrogens is 272 g/mol. The first-order valence-corrected chi connectivity index (χ1v) is 7.45. The molecule has 1 aliphatic heterocycles. The van der Waals surface area contributed by atoms with Crippen LogP contribution in [0, 0.1) is 0 Å². The Balaban J connectivity index is 1.85. The fraction of sp³-hybridized carbons (Fsp3) is 0.533. The highest BCUT2D eigenvalue weighted by Gasteiger charge is 2.26. The van der Waals surface area contributed by atoms with Gasteiger partial charge in [0, 0.05) is 47.8 Å². The summed E-state index contributed by atoms with van der Waals surface area (Å²) in [6.45, 7) is 11.0. The zero-order valence-corrected chi connectivity index (χ0v) is 13.0. The highest BCUT2D eigenvalue weighted by molar-refractivity contribution is 6.31. The summed E-state index contributed by atoms with van der Waals surface area (Å²) in [5, 5.41) is 9.04. The Labute approximate surface area is 124 Å². The number of hydrogen-bond acceptors (Lipinski definition) is 3. The molecule has 0 radical (unpaired) electrons. The van der Waals surface area contributed by atoms with Crippen molar-refractivity contribution in [2.45, 2.75) is 26.3 Å². The summed E-state index contributed by atoms with van der Waals surface area (Å²) in [4.78, 5) is 4.94. The van der Waals surface area contributed by atoms with E-state index in [-0.39, 0.29) is 5.54 Å². The molecule has 0 atom stereocenters. The Hall–Kier alpha value is -1.26. The second-order valence-electron chi connectivity index (χ2n) is 6.40. The molecule has 1 N–H and O–H groups in total. The number of fused-ring (bicyclic) bond motifs is 1. The normalized spacial score (nSPS) is 17.9. The van der Waals surface area contributed by atoms with E-state index in [4.69, 9.17) is 11.6 Å². The van der Waals surface area contributed by atoms with E-state index in [1.165, 1.54) is 5.69 Å². The zero-order chi connectivity index (χ0) is 14.3. The van der Waals surface area contributed by atoms with Gasteiger partial charge in [-0.05, 0) is 32.9 Å². The minimum absolute atomic E-state index is 0.241. The number of aromatic amines is 1. The lowest BCUT2D eigenvalue weighted by Gasteiger charge is -2.43. The molecule has 0 amide bonds. The molecular formula is C15H21ClN4. The number of nitrogens with one attached hydrogen (secondary N) is 1. The van der Waals surface area contributed by atoms with Gasteiger partial charge in [-0.15, -0.1) is 0 Å². The van der Waals surface area contributed by atoms with Crippen LogP contribution in [0.5, 0.6) is 0 Å². The maximum absolute atomic E-state index is 6.22. The van der Waals surface area contributed by atoms with E-state index in [1.807, 2.05) is 18.3 Å². The molecule has 0 saturated carbocycles. The number of hydrogen-bond donors (Lipinski definition) is 1. The Morgan fingerprint density at radius 3 is 2.50 bits per heavy atom. The standard InChI is InChI=1S/C15H21ClN4/c1-15(2,3)20-6-4-19(5-7-20)14-9-11(16)8-13-12(14)10-17-18-13/h8-10H,4-7H2,1-3H3,(H,17,18). The van der Waals surface area contributed by atoms with Crippen molar-refractivity contribution in [2.24, 2.45) is 0 Å². The third-order valence-electron chi connectivity index (χ3n) is 4.07. The van der Waals surface area contributed by atoms with Gasteiger partial charge in [0.25, 0.3) is 0 Å². The molecule has 20 heavy (non-hydrogen) atoms. The smallest absolute Gasteiger partial charge is 0.0686 e. The molecule has 2 heterocycles. The van der Waals surface area contributed by atoms with Crippen molar-refractivity contribution in [2.75, 3.05) is 31.1 Å². The second kappa shape index (κ2) is 4.93. The minimum atomic E-state index is 0.241. The van der Waals surface area contributed by atoms with Crippen LogP contribution < -0.4 is 4.90 Å². The summed E-state index contributed by atoms with van der Waals surface area (Å²) in [5.41, 5.74) is 2.44. The molecule has 0 unspecified atom stereocenters. The van der Waals surface area contributed by atoms with Gasteiger partial charge < -0.3 is 4.90 Å². The highest BCUT2D eigenvalue weighted by Crippen LogP contribution is 2.31.